The number of aromatic nitrogens is 2. The van der Waals surface area contributed by atoms with Gasteiger partial charge in [0.2, 0.25) is 0 Å². The van der Waals surface area contributed by atoms with Crippen LogP contribution in [0.4, 0.5) is 0 Å². The van der Waals surface area contributed by atoms with E-state index < -0.39 is 0 Å². The van der Waals surface area contributed by atoms with E-state index in [2.05, 4.69) is 50.4 Å². The molecular formula is C16H17BrN2. The van der Waals surface area contributed by atoms with Gasteiger partial charge in [-0.05, 0) is 36.6 Å². The molecule has 0 spiro atoms. The molecule has 0 unspecified atom stereocenters. The number of nitrogens with zero attached hydrogens (tertiary/aromatic N) is 2. The van der Waals surface area contributed by atoms with Gasteiger partial charge in [-0.1, -0.05) is 53.7 Å². The molecule has 1 fully saturated rings. The Morgan fingerprint density at radius 3 is 2.32 bits per heavy atom. The van der Waals surface area contributed by atoms with Crippen LogP contribution in [-0.4, -0.2) is 10.2 Å². The summed E-state index contributed by atoms with van der Waals surface area (Å²) < 4.78 is 1.09. The van der Waals surface area contributed by atoms with Gasteiger partial charge in [0.05, 0.1) is 11.4 Å². The molecule has 0 bridgehead atoms. The van der Waals surface area contributed by atoms with Gasteiger partial charge in [0.1, 0.15) is 0 Å². The molecule has 0 amide bonds. The molecule has 1 aromatic carbocycles. The van der Waals surface area contributed by atoms with Crippen molar-refractivity contribution in [2.75, 3.05) is 0 Å². The second-order valence-electron chi connectivity index (χ2n) is 5.27. The second-order valence-corrected chi connectivity index (χ2v) is 6.19. The Hall–Kier alpha value is -1.22. The molecule has 3 heteroatoms. The lowest BCUT2D eigenvalue weighted by Crippen LogP contribution is -2.02. The lowest BCUT2D eigenvalue weighted by Gasteiger charge is -2.07. The summed E-state index contributed by atoms with van der Waals surface area (Å²) in [7, 11) is 0. The summed E-state index contributed by atoms with van der Waals surface area (Å²) in [4.78, 5) is 0. The summed E-state index contributed by atoms with van der Waals surface area (Å²) in [5.41, 5.74) is 3.19. The van der Waals surface area contributed by atoms with Crippen LogP contribution < -0.4 is 0 Å². The first-order valence-corrected chi connectivity index (χ1v) is 7.69. The van der Waals surface area contributed by atoms with Crippen LogP contribution in [0.5, 0.6) is 0 Å². The molecule has 0 N–H and O–H groups in total. The van der Waals surface area contributed by atoms with Crippen LogP contribution in [0.2, 0.25) is 0 Å². The first kappa shape index (κ1) is 12.8. The number of benzene rings is 1. The van der Waals surface area contributed by atoms with Crippen LogP contribution in [0.15, 0.2) is 40.9 Å². The van der Waals surface area contributed by atoms with Crippen molar-refractivity contribution < 1.29 is 0 Å². The maximum absolute atomic E-state index is 4.38. The Labute approximate surface area is 122 Å². The topological polar surface area (TPSA) is 25.8 Å². The third-order valence-corrected chi connectivity index (χ3v) is 4.36. The molecule has 1 aliphatic rings. The van der Waals surface area contributed by atoms with Gasteiger partial charge in [-0.3, -0.25) is 0 Å². The average molecular weight is 317 g/mol. The molecule has 2 aromatic rings. The predicted octanol–water partition coefficient (Wildman–Crippen LogP) is 4.64. The highest BCUT2D eigenvalue weighted by Gasteiger charge is 2.16. The van der Waals surface area contributed by atoms with Crippen LogP contribution in [0.1, 0.15) is 31.4 Å². The van der Waals surface area contributed by atoms with Gasteiger partial charge in [-0.25, -0.2) is 0 Å². The van der Waals surface area contributed by atoms with Gasteiger partial charge in [0, 0.05) is 10.0 Å². The van der Waals surface area contributed by atoms with E-state index in [4.69, 9.17) is 0 Å². The van der Waals surface area contributed by atoms with Gasteiger partial charge in [0.25, 0.3) is 0 Å². The molecule has 0 aliphatic heterocycles. The zero-order chi connectivity index (χ0) is 13.1. The average Bonchev–Trinajstić information content (AvgIpc) is 2.94. The Kier molecular flexibility index (Phi) is 3.92. The molecule has 1 aliphatic carbocycles. The molecule has 1 aromatic heterocycles. The minimum Gasteiger partial charge on any atom is -0.155 e. The summed E-state index contributed by atoms with van der Waals surface area (Å²) in [6, 6.07) is 12.4. The summed E-state index contributed by atoms with van der Waals surface area (Å²) in [5, 5.41) is 8.73. The zero-order valence-electron chi connectivity index (χ0n) is 10.8. The van der Waals surface area contributed by atoms with Gasteiger partial charge < -0.3 is 0 Å². The summed E-state index contributed by atoms with van der Waals surface area (Å²) >= 11 is 3.44. The molecule has 3 rings (SSSR count). The van der Waals surface area contributed by atoms with Crippen LogP contribution in [0, 0.1) is 5.92 Å². The fourth-order valence-corrected chi connectivity index (χ4v) is 3.02. The van der Waals surface area contributed by atoms with Gasteiger partial charge in [-0.2, -0.15) is 10.2 Å². The van der Waals surface area contributed by atoms with Crippen LogP contribution >= 0.6 is 15.9 Å². The molecule has 0 radical (unpaired) electrons. The van der Waals surface area contributed by atoms with E-state index in [0.717, 1.165) is 33.8 Å². The smallest absolute Gasteiger partial charge is 0.0929 e. The summed E-state index contributed by atoms with van der Waals surface area (Å²) in [6.45, 7) is 0. The molecular weight excluding hydrogens is 300 g/mol. The van der Waals surface area contributed by atoms with E-state index in [-0.39, 0.29) is 0 Å². The maximum atomic E-state index is 4.38. The van der Waals surface area contributed by atoms with Crippen LogP contribution in [-0.2, 0) is 6.42 Å². The second kappa shape index (κ2) is 5.83. The van der Waals surface area contributed by atoms with Crippen LogP contribution in [0.3, 0.4) is 0 Å². The lowest BCUT2D eigenvalue weighted by atomic mass is 10.0. The lowest BCUT2D eigenvalue weighted by molar-refractivity contribution is 0.536. The molecule has 1 heterocycles. The summed E-state index contributed by atoms with van der Waals surface area (Å²) in [5.74, 6) is 0.827. The van der Waals surface area contributed by atoms with E-state index in [1.165, 1.54) is 25.7 Å². The normalized spacial score (nSPS) is 15.8. The number of hydrogen-bond donors (Lipinski definition) is 0. The maximum Gasteiger partial charge on any atom is 0.0929 e. The number of rotatable bonds is 3. The van der Waals surface area contributed by atoms with Crippen molar-refractivity contribution in [3.8, 4) is 11.3 Å². The third-order valence-electron chi connectivity index (χ3n) is 3.83. The fourth-order valence-electron chi connectivity index (χ4n) is 2.75. The highest BCUT2D eigenvalue weighted by Crippen LogP contribution is 2.27. The van der Waals surface area contributed by atoms with Crippen molar-refractivity contribution in [2.24, 2.45) is 5.92 Å². The Balaban J connectivity index is 1.72. The number of halogens is 1. The van der Waals surface area contributed by atoms with E-state index in [9.17, 15) is 0 Å². The van der Waals surface area contributed by atoms with Gasteiger partial charge in [0.15, 0.2) is 0 Å². The molecule has 0 atom stereocenters. The monoisotopic (exact) mass is 316 g/mol. The molecule has 2 nitrogen and oxygen atoms in total. The molecule has 19 heavy (non-hydrogen) atoms. The quantitative estimate of drug-likeness (QED) is 0.824. The van der Waals surface area contributed by atoms with Crippen molar-refractivity contribution in [1.82, 2.24) is 10.2 Å². The van der Waals surface area contributed by atoms with E-state index in [1.807, 2.05) is 12.1 Å². The minimum absolute atomic E-state index is 0.827. The van der Waals surface area contributed by atoms with Crippen molar-refractivity contribution in [3.63, 3.8) is 0 Å². The standard InChI is InChI=1S/C16H17BrN2/c17-14-7-5-13(6-8-14)16-10-9-15(18-19-16)11-12-3-1-2-4-12/h5-10,12H,1-4,11H2. The molecule has 0 saturated heterocycles. The van der Waals surface area contributed by atoms with Crippen molar-refractivity contribution >= 4 is 15.9 Å². The number of hydrogen-bond acceptors (Lipinski definition) is 2. The Morgan fingerprint density at radius 1 is 0.947 bits per heavy atom. The van der Waals surface area contributed by atoms with E-state index in [1.54, 1.807) is 0 Å². The van der Waals surface area contributed by atoms with Crippen molar-refractivity contribution in [3.05, 3.63) is 46.6 Å². The zero-order valence-corrected chi connectivity index (χ0v) is 12.4. The highest BCUT2D eigenvalue weighted by molar-refractivity contribution is 9.10. The van der Waals surface area contributed by atoms with Crippen molar-refractivity contribution in [1.29, 1.82) is 0 Å². The molecule has 1 saturated carbocycles. The van der Waals surface area contributed by atoms with Crippen LogP contribution in [0.25, 0.3) is 11.3 Å². The third kappa shape index (κ3) is 3.21. The first-order chi connectivity index (χ1) is 9.31. The van der Waals surface area contributed by atoms with E-state index >= 15 is 0 Å². The van der Waals surface area contributed by atoms with Crippen molar-refractivity contribution in [2.45, 2.75) is 32.1 Å². The van der Waals surface area contributed by atoms with Gasteiger partial charge in [-0.15, -0.1) is 0 Å². The Morgan fingerprint density at radius 2 is 1.68 bits per heavy atom. The predicted molar refractivity (Wildman–Crippen MR) is 80.8 cm³/mol. The highest BCUT2D eigenvalue weighted by atomic mass is 79.9. The first-order valence-electron chi connectivity index (χ1n) is 6.90. The SMILES string of the molecule is Brc1ccc(-c2ccc(CC3CCCC3)nn2)cc1. The minimum atomic E-state index is 0.827. The van der Waals surface area contributed by atoms with E-state index in [0.29, 0.717) is 0 Å². The van der Waals surface area contributed by atoms with Gasteiger partial charge >= 0.3 is 0 Å². The molecule has 98 valence electrons. The largest absolute Gasteiger partial charge is 0.155 e. The Bertz CT molecular complexity index is 528. The summed E-state index contributed by atoms with van der Waals surface area (Å²) in [6.07, 6.45) is 6.57. The fraction of sp³-hybridized carbons (Fsp3) is 0.375.